The number of nitrogens with one attached hydrogen (secondary N) is 1. The van der Waals surface area contributed by atoms with Gasteiger partial charge in [-0.05, 0) is 31.2 Å². The Morgan fingerprint density at radius 1 is 1.21 bits per heavy atom. The molecule has 3 aromatic rings. The lowest BCUT2D eigenvalue weighted by Crippen LogP contribution is -2.24. The molecule has 0 saturated carbocycles. The lowest BCUT2D eigenvalue weighted by molar-refractivity contribution is -0.385. The zero-order valence-electron chi connectivity index (χ0n) is 15.2. The van der Waals surface area contributed by atoms with Crippen molar-refractivity contribution in [3.63, 3.8) is 0 Å². The summed E-state index contributed by atoms with van der Waals surface area (Å²) in [4.78, 5) is 25.1. The monoisotopic (exact) mass is 398 g/mol. The van der Waals surface area contributed by atoms with E-state index in [-0.39, 0.29) is 17.5 Å². The molecule has 8 nitrogen and oxygen atoms in total. The maximum Gasteiger partial charge on any atom is 0.350 e. The topological polar surface area (TPSA) is 99.3 Å². The average Bonchev–Trinajstić information content (AvgIpc) is 3.14. The van der Waals surface area contributed by atoms with Gasteiger partial charge in [-0.2, -0.15) is 0 Å². The molecule has 1 aromatic heterocycles. The Morgan fingerprint density at radius 3 is 2.54 bits per heavy atom. The Hall–Kier alpha value is -3.33. The molecule has 0 aliphatic carbocycles. The van der Waals surface area contributed by atoms with E-state index in [0.717, 1.165) is 9.79 Å². The summed E-state index contributed by atoms with van der Waals surface area (Å²) in [6.45, 7) is 1.61. The van der Waals surface area contributed by atoms with Gasteiger partial charge in [-0.25, -0.2) is 4.68 Å². The minimum Gasteiger partial charge on any atom is -0.475 e. The van der Waals surface area contributed by atoms with Crippen LogP contribution in [0.4, 0.5) is 11.4 Å². The number of amides is 1. The first-order valence-corrected chi connectivity index (χ1v) is 9.21. The fourth-order valence-electron chi connectivity index (χ4n) is 2.47. The first-order valence-electron chi connectivity index (χ1n) is 8.40. The van der Waals surface area contributed by atoms with Gasteiger partial charge in [0.05, 0.1) is 17.7 Å². The summed E-state index contributed by atoms with van der Waals surface area (Å²) in [6, 6.07) is 16.5. The van der Waals surface area contributed by atoms with Crippen LogP contribution in [0.15, 0.2) is 70.6 Å². The second-order valence-electron chi connectivity index (χ2n) is 5.84. The summed E-state index contributed by atoms with van der Waals surface area (Å²) in [6.07, 6.45) is 1.19. The lowest BCUT2D eigenvalue weighted by Gasteiger charge is -2.15. The number of rotatable bonds is 7. The van der Waals surface area contributed by atoms with E-state index in [2.05, 4.69) is 10.4 Å². The number of ether oxygens (including phenoxy) is 1. The summed E-state index contributed by atoms with van der Waals surface area (Å²) in [5.74, 6) is -0.481. The van der Waals surface area contributed by atoms with Crippen LogP contribution in [0.1, 0.15) is 13.0 Å². The summed E-state index contributed by atoms with van der Waals surface area (Å²) in [5.41, 5.74) is 0.365. The quantitative estimate of drug-likeness (QED) is 0.474. The largest absolute Gasteiger partial charge is 0.475 e. The number of carbonyl (C=O) groups excluding carboxylic acids is 1. The Kier molecular flexibility index (Phi) is 5.95. The molecular formula is C19H18N4O4S. The van der Waals surface area contributed by atoms with E-state index < -0.39 is 11.0 Å². The Labute approximate surface area is 165 Å². The maximum absolute atomic E-state index is 12.7. The molecule has 1 amide bonds. The summed E-state index contributed by atoms with van der Waals surface area (Å²) in [7, 11) is 1.29. The Bertz CT molecular complexity index is 991. The van der Waals surface area contributed by atoms with E-state index in [4.69, 9.17) is 4.74 Å². The van der Waals surface area contributed by atoms with Gasteiger partial charge in [0.1, 0.15) is 12.2 Å². The van der Waals surface area contributed by atoms with Crippen LogP contribution in [0.3, 0.4) is 0 Å². The lowest BCUT2D eigenvalue weighted by atomic mass is 10.2. The van der Waals surface area contributed by atoms with Gasteiger partial charge >= 0.3 is 11.6 Å². The highest BCUT2D eigenvalue weighted by Crippen LogP contribution is 2.33. The van der Waals surface area contributed by atoms with Crippen LogP contribution >= 0.6 is 11.8 Å². The highest BCUT2D eigenvalue weighted by molar-refractivity contribution is 7.99. The summed E-state index contributed by atoms with van der Waals surface area (Å²) >= 11 is 1.53. The standard InChI is InChI=1S/C19H18N4O4S/c1-13(22-12-16(23(25)26)19(21-22)27-2)18(24)20-15-10-6-7-11-17(15)28-14-8-4-3-5-9-14/h3-13H,1-2H3,(H,20,24). The third kappa shape index (κ3) is 4.32. The molecule has 0 aliphatic rings. The fourth-order valence-corrected chi connectivity index (χ4v) is 3.39. The molecule has 0 radical (unpaired) electrons. The second-order valence-corrected chi connectivity index (χ2v) is 6.95. The van der Waals surface area contributed by atoms with Crippen LogP contribution < -0.4 is 10.1 Å². The third-order valence-electron chi connectivity index (χ3n) is 3.96. The van der Waals surface area contributed by atoms with Crippen LogP contribution in [0.25, 0.3) is 0 Å². The van der Waals surface area contributed by atoms with Gasteiger partial charge in [0.15, 0.2) is 0 Å². The van der Waals surface area contributed by atoms with Crippen molar-refractivity contribution >= 4 is 29.0 Å². The molecule has 2 aromatic carbocycles. The molecule has 1 N–H and O–H groups in total. The molecule has 0 aliphatic heterocycles. The van der Waals surface area contributed by atoms with Crippen molar-refractivity contribution in [3.8, 4) is 5.88 Å². The molecular weight excluding hydrogens is 380 g/mol. The number of nitro groups is 1. The Balaban J connectivity index is 1.79. The highest BCUT2D eigenvalue weighted by Gasteiger charge is 2.25. The molecule has 0 spiro atoms. The van der Waals surface area contributed by atoms with Crippen molar-refractivity contribution in [2.45, 2.75) is 22.8 Å². The van der Waals surface area contributed by atoms with Gasteiger partial charge in [0.2, 0.25) is 5.91 Å². The van der Waals surface area contributed by atoms with Crippen LogP contribution in [-0.2, 0) is 4.79 Å². The van der Waals surface area contributed by atoms with Crippen molar-refractivity contribution in [1.29, 1.82) is 0 Å². The van der Waals surface area contributed by atoms with Crippen molar-refractivity contribution in [2.24, 2.45) is 0 Å². The predicted molar refractivity (Wildman–Crippen MR) is 106 cm³/mol. The number of para-hydroxylation sites is 1. The van der Waals surface area contributed by atoms with Crippen molar-refractivity contribution in [1.82, 2.24) is 9.78 Å². The first kappa shape index (κ1) is 19.4. The van der Waals surface area contributed by atoms with E-state index in [1.807, 2.05) is 54.6 Å². The number of carbonyl (C=O) groups is 1. The molecule has 1 unspecified atom stereocenters. The molecule has 3 rings (SSSR count). The normalized spacial score (nSPS) is 11.6. The van der Waals surface area contributed by atoms with Crippen LogP contribution in [-0.4, -0.2) is 27.7 Å². The van der Waals surface area contributed by atoms with E-state index in [9.17, 15) is 14.9 Å². The highest BCUT2D eigenvalue weighted by atomic mass is 32.2. The smallest absolute Gasteiger partial charge is 0.350 e. The zero-order chi connectivity index (χ0) is 20.1. The number of anilines is 1. The van der Waals surface area contributed by atoms with Gasteiger partial charge in [-0.3, -0.25) is 14.9 Å². The minimum atomic E-state index is -0.766. The minimum absolute atomic E-state index is 0.135. The molecule has 28 heavy (non-hydrogen) atoms. The number of methoxy groups -OCH3 is 1. The van der Waals surface area contributed by atoms with Crippen molar-refractivity contribution < 1.29 is 14.5 Å². The van der Waals surface area contributed by atoms with Gasteiger partial charge in [-0.15, -0.1) is 5.10 Å². The number of hydrogen-bond donors (Lipinski definition) is 1. The maximum atomic E-state index is 12.7. The number of benzene rings is 2. The van der Waals surface area contributed by atoms with Gasteiger partial charge in [-0.1, -0.05) is 42.1 Å². The summed E-state index contributed by atoms with van der Waals surface area (Å²) < 4.78 is 6.13. The van der Waals surface area contributed by atoms with E-state index in [1.165, 1.54) is 29.8 Å². The van der Waals surface area contributed by atoms with E-state index in [0.29, 0.717) is 5.69 Å². The third-order valence-corrected chi connectivity index (χ3v) is 5.05. The SMILES string of the molecule is COc1nn(C(C)C(=O)Nc2ccccc2Sc2ccccc2)cc1[N+](=O)[O-]. The molecule has 144 valence electrons. The van der Waals surface area contributed by atoms with Gasteiger partial charge < -0.3 is 10.1 Å². The number of hydrogen-bond acceptors (Lipinski definition) is 6. The van der Waals surface area contributed by atoms with E-state index >= 15 is 0 Å². The molecule has 1 heterocycles. The van der Waals surface area contributed by atoms with Crippen molar-refractivity contribution in [3.05, 3.63) is 70.9 Å². The number of nitrogens with zero attached hydrogens (tertiary/aromatic N) is 3. The fraction of sp³-hybridized carbons (Fsp3) is 0.158. The van der Waals surface area contributed by atoms with Crippen molar-refractivity contribution in [2.75, 3.05) is 12.4 Å². The van der Waals surface area contributed by atoms with Gasteiger partial charge in [0.25, 0.3) is 0 Å². The van der Waals surface area contributed by atoms with Gasteiger partial charge in [0, 0.05) is 9.79 Å². The molecule has 0 bridgehead atoms. The van der Waals surface area contributed by atoms with Crippen LogP contribution in [0, 0.1) is 10.1 Å². The average molecular weight is 398 g/mol. The molecule has 0 saturated heterocycles. The predicted octanol–water partition coefficient (Wildman–Crippen LogP) is 4.15. The molecule has 0 fully saturated rings. The molecule has 1 atom stereocenters. The van der Waals surface area contributed by atoms with Crippen LogP contribution in [0.2, 0.25) is 0 Å². The Morgan fingerprint density at radius 2 is 1.89 bits per heavy atom. The van der Waals surface area contributed by atoms with Crippen LogP contribution in [0.5, 0.6) is 5.88 Å². The first-order chi connectivity index (χ1) is 13.5. The van der Waals surface area contributed by atoms with E-state index in [1.54, 1.807) is 6.92 Å². The number of aromatic nitrogens is 2. The summed E-state index contributed by atoms with van der Waals surface area (Å²) in [5, 5.41) is 17.9. The second kappa shape index (κ2) is 8.57. The molecule has 9 heteroatoms. The zero-order valence-corrected chi connectivity index (χ0v) is 16.1.